The average molecular weight is 767 g/mol. The van der Waals surface area contributed by atoms with E-state index in [0.29, 0.717) is 12.8 Å². The van der Waals surface area contributed by atoms with Crippen LogP contribution in [0, 0.1) is 0 Å². The van der Waals surface area contributed by atoms with Crippen LogP contribution in [0.3, 0.4) is 0 Å². The maximum absolute atomic E-state index is 12.8. The molecule has 0 aromatic carbocycles. The van der Waals surface area contributed by atoms with E-state index in [1.165, 1.54) is 96.3 Å². The zero-order valence-electron chi connectivity index (χ0n) is 34.2. The molecule has 0 fully saturated rings. The zero-order chi connectivity index (χ0) is 38.9. The third-order valence-electron chi connectivity index (χ3n) is 9.45. The summed E-state index contributed by atoms with van der Waals surface area (Å²) in [7, 11) is -4.32. The number of carbonyl (C=O) groups is 1. The van der Waals surface area contributed by atoms with Crippen LogP contribution in [-0.4, -0.2) is 47.8 Å². The van der Waals surface area contributed by atoms with Gasteiger partial charge in [0.1, 0.15) is 0 Å². The van der Waals surface area contributed by atoms with Crippen molar-refractivity contribution in [1.29, 1.82) is 0 Å². The Hall–Kier alpha value is -1.54. The number of amides is 1. The van der Waals surface area contributed by atoms with Gasteiger partial charge in [-0.1, -0.05) is 184 Å². The van der Waals surface area contributed by atoms with Gasteiger partial charge < -0.3 is 21.1 Å². The lowest BCUT2D eigenvalue weighted by atomic mass is 10.0. The quantitative estimate of drug-likeness (QED) is 0.0277. The molecule has 1 amide bonds. The predicted molar refractivity (Wildman–Crippen MR) is 226 cm³/mol. The van der Waals surface area contributed by atoms with Crippen molar-refractivity contribution in [3.63, 3.8) is 0 Å². The van der Waals surface area contributed by atoms with Crippen molar-refractivity contribution in [1.82, 2.24) is 5.32 Å². The number of aliphatic hydroxyl groups excluding tert-OH is 1. The third-order valence-corrected chi connectivity index (χ3v) is 10.4. The number of unbranched alkanes of at least 4 members (excludes halogenated alkanes) is 20. The molecule has 0 aromatic heterocycles. The highest BCUT2D eigenvalue weighted by atomic mass is 31.2. The number of carbonyl (C=O) groups excluding carboxylic acids is 1. The number of phosphoric ester groups is 1. The van der Waals surface area contributed by atoms with Crippen molar-refractivity contribution < 1.29 is 28.4 Å². The van der Waals surface area contributed by atoms with Gasteiger partial charge in [-0.3, -0.25) is 13.8 Å². The second-order valence-electron chi connectivity index (χ2n) is 14.5. The molecule has 0 aliphatic rings. The summed E-state index contributed by atoms with van der Waals surface area (Å²) < 4.78 is 22.2. The van der Waals surface area contributed by atoms with Gasteiger partial charge in [0.25, 0.3) is 0 Å². The number of aliphatic hydroxyl groups is 1. The van der Waals surface area contributed by atoms with Gasteiger partial charge in [-0.25, -0.2) is 4.57 Å². The Morgan fingerprint density at radius 2 is 1.09 bits per heavy atom. The topological polar surface area (TPSA) is 131 Å². The maximum atomic E-state index is 12.8. The molecule has 0 bridgehead atoms. The molecule has 0 radical (unpaired) electrons. The van der Waals surface area contributed by atoms with Crippen LogP contribution in [0.15, 0.2) is 48.6 Å². The molecule has 0 aliphatic heterocycles. The van der Waals surface area contributed by atoms with Crippen molar-refractivity contribution in [2.45, 2.75) is 206 Å². The van der Waals surface area contributed by atoms with E-state index < -0.39 is 20.0 Å². The number of hydrogen-bond donors (Lipinski definition) is 4. The molecular weight excluding hydrogens is 683 g/mol. The minimum absolute atomic E-state index is 0.0857. The molecular formula is C44H83N2O6P. The van der Waals surface area contributed by atoms with Crippen molar-refractivity contribution in [3.8, 4) is 0 Å². The lowest BCUT2D eigenvalue weighted by Crippen LogP contribution is -2.46. The van der Waals surface area contributed by atoms with Crippen LogP contribution >= 0.6 is 7.82 Å². The molecule has 0 aromatic rings. The Kier molecular flexibility index (Phi) is 39.0. The number of nitrogens with one attached hydrogen (secondary N) is 1. The van der Waals surface area contributed by atoms with Gasteiger partial charge in [-0.2, -0.15) is 0 Å². The molecule has 0 spiro atoms. The Balaban J connectivity index is 4.15. The number of rotatable bonds is 40. The summed E-state index contributed by atoms with van der Waals surface area (Å²) in [5.41, 5.74) is 5.38. The van der Waals surface area contributed by atoms with Crippen LogP contribution in [0.2, 0.25) is 0 Å². The van der Waals surface area contributed by atoms with Gasteiger partial charge >= 0.3 is 7.82 Å². The minimum atomic E-state index is -4.32. The van der Waals surface area contributed by atoms with Crippen LogP contribution in [0.4, 0.5) is 0 Å². The van der Waals surface area contributed by atoms with Crippen LogP contribution in [0.1, 0.15) is 194 Å². The second kappa shape index (κ2) is 40.1. The predicted octanol–water partition coefficient (Wildman–Crippen LogP) is 12.1. The third kappa shape index (κ3) is 38.5. The molecule has 310 valence electrons. The van der Waals surface area contributed by atoms with Crippen molar-refractivity contribution in [2.24, 2.45) is 5.73 Å². The standard InChI is InChI=1S/C44H83N2O6P/c1-3-5-7-9-11-13-15-17-18-19-20-21-22-23-24-26-28-30-32-34-36-38-44(48)46-42(41-52-53(49,50)51-40-39-45)43(47)37-35-33-31-29-27-25-16-14-12-10-8-6-4-2/h5,7,11,13,17-18,20-21,42-43,47H,3-4,6,8-10,12,14-16,19,22-41,45H2,1-2H3,(H,46,48)(H,49,50)/b7-5-,13-11-,18-17-,21-20-. The van der Waals surface area contributed by atoms with Crippen molar-refractivity contribution >= 4 is 13.7 Å². The van der Waals surface area contributed by atoms with Gasteiger partial charge in [-0.15, -0.1) is 0 Å². The largest absolute Gasteiger partial charge is 0.472 e. The number of hydrogen-bond acceptors (Lipinski definition) is 6. The van der Waals surface area contributed by atoms with Crippen LogP contribution in [0.5, 0.6) is 0 Å². The SMILES string of the molecule is CC/C=C\C/C=C\C/C=C\C/C=C\CCCCCCCCCCC(=O)NC(COP(=O)(O)OCCN)C(O)CCCCCCCCCCCCCCC. The van der Waals surface area contributed by atoms with E-state index >= 15 is 0 Å². The van der Waals surface area contributed by atoms with E-state index in [1.54, 1.807) is 0 Å². The second-order valence-corrected chi connectivity index (χ2v) is 16.0. The Labute approximate surface area is 326 Å². The molecule has 5 N–H and O–H groups in total. The first-order valence-electron chi connectivity index (χ1n) is 21.8. The van der Waals surface area contributed by atoms with Gasteiger partial charge in [-0.05, 0) is 51.4 Å². The summed E-state index contributed by atoms with van der Waals surface area (Å²) in [6.45, 7) is 4.08. The molecule has 0 saturated heterocycles. The number of allylic oxidation sites excluding steroid dienone is 8. The Morgan fingerprint density at radius 3 is 1.60 bits per heavy atom. The smallest absolute Gasteiger partial charge is 0.391 e. The van der Waals surface area contributed by atoms with Crippen LogP contribution in [-0.2, 0) is 18.4 Å². The first kappa shape index (κ1) is 51.5. The molecule has 53 heavy (non-hydrogen) atoms. The Bertz CT molecular complexity index is 970. The number of nitrogens with two attached hydrogens (primary N) is 1. The van der Waals surface area contributed by atoms with Gasteiger partial charge in [0.2, 0.25) is 5.91 Å². The van der Waals surface area contributed by atoms with Crippen molar-refractivity contribution in [2.75, 3.05) is 19.8 Å². The highest BCUT2D eigenvalue weighted by Crippen LogP contribution is 2.43. The first-order chi connectivity index (χ1) is 25.9. The fourth-order valence-corrected chi connectivity index (χ4v) is 6.95. The Morgan fingerprint density at radius 1 is 0.642 bits per heavy atom. The van der Waals surface area contributed by atoms with E-state index in [4.69, 9.17) is 14.8 Å². The van der Waals surface area contributed by atoms with E-state index in [-0.39, 0.29) is 25.7 Å². The van der Waals surface area contributed by atoms with E-state index in [2.05, 4.69) is 67.8 Å². The molecule has 3 atom stereocenters. The van der Waals surface area contributed by atoms with Gasteiger partial charge in [0.15, 0.2) is 0 Å². The van der Waals surface area contributed by atoms with Crippen molar-refractivity contribution in [3.05, 3.63) is 48.6 Å². The van der Waals surface area contributed by atoms with Crippen LogP contribution in [0.25, 0.3) is 0 Å². The average Bonchev–Trinajstić information content (AvgIpc) is 3.14. The number of phosphoric acid groups is 1. The summed E-state index contributed by atoms with van der Waals surface area (Å²) in [6, 6.07) is -0.779. The molecule has 0 aliphatic carbocycles. The van der Waals surface area contributed by atoms with E-state index in [0.717, 1.165) is 70.6 Å². The highest BCUT2D eigenvalue weighted by molar-refractivity contribution is 7.47. The zero-order valence-corrected chi connectivity index (χ0v) is 35.1. The monoisotopic (exact) mass is 767 g/mol. The van der Waals surface area contributed by atoms with Gasteiger partial charge in [0.05, 0.1) is 25.4 Å². The summed E-state index contributed by atoms with van der Waals surface area (Å²) in [4.78, 5) is 22.7. The summed E-state index contributed by atoms with van der Waals surface area (Å²) in [5.74, 6) is -0.172. The first-order valence-corrected chi connectivity index (χ1v) is 23.2. The van der Waals surface area contributed by atoms with Gasteiger partial charge in [0, 0.05) is 13.0 Å². The summed E-state index contributed by atoms with van der Waals surface area (Å²) in [6.07, 6.45) is 48.3. The summed E-state index contributed by atoms with van der Waals surface area (Å²) in [5, 5.41) is 13.8. The highest BCUT2D eigenvalue weighted by Gasteiger charge is 2.27. The maximum Gasteiger partial charge on any atom is 0.472 e. The lowest BCUT2D eigenvalue weighted by Gasteiger charge is -2.25. The van der Waals surface area contributed by atoms with Crippen LogP contribution < -0.4 is 11.1 Å². The lowest BCUT2D eigenvalue weighted by molar-refractivity contribution is -0.123. The van der Waals surface area contributed by atoms with E-state index in [1.807, 2.05) is 0 Å². The van der Waals surface area contributed by atoms with E-state index in [9.17, 15) is 19.4 Å². The molecule has 9 heteroatoms. The molecule has 8 nitrogen and oxygen atoms in total. The molecule has 0 heterocycles. The molecule has 0 rings (SSSR count). The summed E-state index contributed by atoms with van der Waals surface area (Å²) >= 11 is 0. The minimum Gasteiger partial charge on any atom is -0.391 e. The fraction of sp³-hybridized carbons (Fsp3) is 0.795. The normalized spacial score (nSPS) is 14.6. The molecule has 3 unspecified atom stereocenters. The fourth-order valence-electron chi connectivity index (χ4n) is 6.19. The molecule has 0 saturated carbocycles.